The highest BCUT2D eigenvalue weighted by Gasteiger charge is 2.08. The molecule has 0 saturated heterocycles. The Morgan fingerprint density at radius 1 is 1.29 bits per heavy atom. The number of benzene rings is 1. The highest BCUT2D eigenvalue weighted by molar-refractivity contribution is 6.30. The standard InChI is InChI=1S/C13H16ClN3/c1-2-13(10-3-5-11(14)6-4-10)15-9-12-7-8-16-17-12/h3-8,13,15H,2,9H2,1H3,(H,16,17). The van der Waals surface area contributed by atoms with Crippen LogP contribution in [0.15, 0.2) is 36.5 Å². The van der Waals surface area contributed by atoms with Crippen molar-refractivity contribution in [1.82, 2.24) is 15.5 Å². The molecule has 0 saturated carbocycles. The van der Waals surface area contributed by atoms with E-state index in [-0.39, 0.29) is 0 Å². The molecule has 0 amide bonds. The predicted octanol–water partition coefficient (Wildman–Crippen LogP) is 3.30. The molecule has 90 valence electrons. The molecule has 2 aromatic rings. The van der Waals surface area contributed by atoms with Crippen LogP contribution in [-0.4, -0.2) is 10.2 Å². The smallest absolute Gasteiger partial charge is 0.0490 e. The highest BCUT2D eigenvalue weighted by Crippen LogP contribution is 2.19. The minimum atomic E-state index is 0.343. The number of nitrogens with one attached hydrogen (secondary N) is 2. The number of hydrogen-bond acceptors (Lipinski definition) is 2. The van der Waals surface area contributed by atoms with E-state index in [0.717, 1.165) is 23.7 Å². The number of H-pyrrole nitrogens is 1. The number of hydrogen-bond donors (Lipinski definition) is 2. The molecule has 3 nitrogen and oxygen atoms in total. The molecule has 2 rings (SSSR count). The molecule has 0 aliphatic rings. The molecule has 1 unspecified atom stereocenters. The van der Waals surface area contributed by atoms with Gasteiger partial charge in [-0.1, -0.05) is 30.7 Å². The number of nitrogens with zero attached hydrogens (tertiary/aromatic N) is 1. The first-order chi connectivity index (χ1) is 8.29. The quantitative estimate of drug-likeness (QED) is 0.854. The Morgan fingerprint density at radius 3 is 2.65 bits per heavy atom. The van der Waals surface area contributed by atoms with Gasteiger partial charge in [0.2, 0.25) is 0 Å². The fraction of sp³-hybridized carbons (Fsp3) is 0.308. The first-order valence-corrected chi connectivity index (χ1v) is 6.14. The van der Waals surface area contributed by atoms with E-state index >= 15 is 0 Å². The van der Waals surface area contributed by atoms with Crippen molar-refractivity contribution in [2.24, 2.45) is 0 Å². The minimum Gasteiger partial charge on any atom is -0.304 e. The van der Waals surface area contributed by atoms with Gasteiger partial charge in [0.25, 0.3) is 0 Å². The maximum absolute atomic E-state index is 5.88. The Balaban J connectivity index is 1.99. The van der Waals surface area contributed by atoms with Crippen molar-refractivity contribution in [2.75, 3.05) is 0 Å². The van der Waals surface area contributed by atoms with Gasteiger partial charge in [0.1, 0.15) is 0 Å². The van der Waals surface area contributed by atoms with Crippen molar-refractivity contribution in [3.8, 4) is 0 Å². The molecule has 0 spiro atoms. The second-order valence-electron chi connectivity index (χ2n) is 3.98. The van der Waals surface area contributed by atoms with Gasteiger partial charge in [-0.2, -0.15) is 5.10 Å². The molecule has 0 fully saturated rings. The van der Waals surface area contributed by atoms with Crippen LogP contribution >= 0.6 is 11.6 Å². The third-order valence-corrected chi connectivity index (χ3v) is 3.03. The summed E-state index contributed by atoms with van der Waals surface area (Å²) in [6.45, 7) is 2.96. The third kappa shape index (κ3) is 3.32. The topological polar surface area (TPSA) is 40.7 Å². The van der Waals surface area contributed by atoms with Crippen molar-refractivity contribution < 1.29 is 0 Å². The predicted molar refractivity (Wildman–Crippen MR) is 69.9 cm³/mol. The van der Waals surface area contributed by atoms with E-state index in [1.54, 1.807) is 6.20 Å². The zero-order valence-corrected chi connectivity index (χ0v) is 10.5. The second-order valence-corrected chi connectivity index (χ2v) is 4.41. The molecule has 1 atom stereocenters. The lowest BCUT2D eigenvalue weighted by molar-refractivity contribution is 0.514. The molecular formula is C13H16ClN3. The first kappa shape index (κ1) is 12.1. The summed E-state index contributed by atoms with van der Waals surface area (Å²) in [5, 5.41) is 11.1. The molecule has 0 aliphatic heterocycles. The van der Waals surface area contributed by atoms with E-state index in [0.29, 0.717) is 6.04 Å². The Kier molecular flexibility index (Phi) is 4.18. The van der Waals surface area contributed by atoms with Crippen LogP contribution in [0.4, 0.5) is 0 Å². The summed E-state index contributed by atoms with van der Waals surface area (Å²) in [6.07, 6.45) is 2.80. The summed E-state index contributed by atoms with van der Waals surface area (Å²) in [5.41, 5.74) is 2.36. The number of halogens is 1. The summed E-state index contributed by atoms with van der Waals surface area (Å²) >= 11 is 5.88. The van der Waals surface area contributed by atoms with E-state index < -0.39 is 0 Å². The minimum absolute atomic E-state index is 0.343. The summed E-state index contributed by atoms with van der Waals surface area (Å²) < 4.78 is 0. The maximum atomic E-state index is 5.88. The van der Waals surface area contributed by atoms with Gasteiger partial charge in [-0.15, -0.1) is 0 Å². The second kappa shape index (κ2) is 5.84. The molecule has 0 aliphatic carbocycles. The monoisotopic (exact) mass is 249 g/mol. The van der Waals surface area contributed by atoms with Crippen molar-refractivity contribution in [3.63, 3.8) is 0 Å². The Morgan fingerprint density at radius 2 is 2.06 bits per heavy atom. The summed E-state index contributed by atoms with van der Waals surface area (Å²) in [6, 6.07) is 10.3. The van der Waals surface area contributed by atoms with Crippen molar-refractivity contribution in [2.45, 2.75) is 25.9 Å². The van der Waals surface area contributed by atoms with E-state index in [1.165, 1.54) is 5.56 Å². The fourth-order valence-corrected chi connectivity index (χ4v) is 1.94. The van der Waals surface area contributed by atoms with E-state index in [1.807, 2.05) is 18.2 Å². The van der Waals surface area contributed by atoms with Crippen molar-refractivity contribution in [3.05, 3.63) is 52.8 Å². The van der Waals surface area contributed by atoms with Gasteiger partial charge in [0.15, 0.2) is 0 Å². The summed E-state index contributed by atoms with van der Waals surface area (Å²) in [4.78, 5) is 0. The van der Waals surface area contributed by atoms with Gasteiger partial charge in [0, 0.05) is 29.5 Å². The third-order valence-electron chi connectivity index (χ3n) is 2.78. The number of rotatable bonds is 5. The van der Waals surface area contributed by atoms with E-state index in [9.17, 15) is 0 Å². The van der Waals surface area contributed by atoms with Gasteiger partial charge in [-0.3, -0.25) is 5.10 Å². The van der Waals surface area contributed by atoms with Crippen LogP contribution in [0.5, 0.6) is 0 Å². The zero-order chi connectivity index (χ0) is 12.1. The van der Waals surface area contributed by atoms with Crippen LogP contribution in [-0.2, 0) is 6.54 Å². The molecule has 1 aromatic carbocycles. The average Bonchev–Trinajstić information content (AvgIpc) is 2.85. The molecule has 0 radical (unpaired) electrons. The fourth-order valence-electron chi connectivity index (χ4n) is 1.81. The lowest BCUT2D eigenvalue weighted by Gasteiger charge is -2.16. The van der Waals surface area contributed by atoms with Crippen molar-refractivity contribution >= 4 is 11.6 Å². The van der Waals surface area contributed by atoms with Gasteiger partial charge in [0.05, 0.1) is 0 Å². The van der Waals surface area contributed by atoms with Gasteiger partial charge in [-0.05, 0) is 30.2 Å². The normalized spacial score (nSPS) is 12.6. The number of aromatic amines is 1. The average molecular weight is 250 g/mol. The molecule has 1 heterocycles. The van der Waals surface area contributed by atoms with Crippen LogP contribution in [0.3, 0.4) is 0 Å². The van der Waals surface area contributed by atoms with Crippen LogP contribution in [0.2, 0.25) is 5.02 Å². The lowest BCUT2D eigenvalue weighted by Crippen LogP contribution is -2.20. The zero-order valence-electron chi connectivity index (χ0n) is 9.78. The highest BCUT2D eigenvalue weighted by atomic mass is 35.5. The molecule has 4 heteroatoms. The summed E-state index contributed by atoms with van der Waals surface area (Å²) in [7, 11) is 0. The van der Waals surface area contributed by atoms with Crippen LogP contribution in [0, 0.1) is 0 Å². The Labute approximate surface area is 106 Å². The molecular weight excluding hydrogens is 234 g/mol. The van der Waals surface area contributed by atoms with E-state index in [2.05, 4.69) is 34.6 Å². The SMILES string of the molecule is CCC(NCc1ccn[nH]1)c1ccc(Cl)cc1. The number of aromatic nitrogens is 2. The molecule has 2 N–H and O–H groups in total. The largest absolute Gasteiger partial charge is 0.304 e. The van der Waals surface area contributed by atoms with Gasteiger partial charge < -0.3 is 5.32 Å². The Hall–Kier alpha value is -1.32. The van der Waals surface area contributed by atoms with Crippen molar-refractivity contribution in [1.29, 1.82) is 0 Å². The van der Waals surface area contributed by atoms with E-state index in [4.69, 9.17) is 11.6 Å². The lowest BCUT2D eigenvalue weighted by atomic mass is 10.0. The maximum Gasteiger partial charge on any atom is 0.0490 e. The molecule has 0 bridgehead atoms. The first-order valence-electron chi connectivity index (χ1n) is 5.76. The van der Waals surface area contributed by atoms with Crippen LogP contribution < -0.4 is 5.32 Å². The van der Waals surface area contributed by atoms with Crippen LogP contribution in [0.1, 0.15) is 30.6 Å². The molecule has 17 heavy (non-hydrogen) atoms. The van der Waals surface area contributed by atoms with Gasteiger partial charge >= 0.3 is 0 Å². The molecule has 1 aromatic heterocycles. The van der Waals surface area contributed by atoms with Gasteiger partial charge in [-0.25, -0.2) is 0 Å². The Bertz CT molecular complexity index is 436. The van der Waals surface area contributed by atoms with Crippen LogP contribution in [0.25, 0.3) is 0 Å². The summed E-state index contributed by atoms with van der Waals surface area (Å²) in [5.74, 6) is 0.